The molecule has 0 spiro atoms. The molecule has 0 saturated heterocycles. The van der Waals surface area contributed by atoms with Gasteiger partial charge >= 0.3 is 0 Å². The lowest BCUT2D eigenvalue weighted by molar-refractivity contribution is 0.566. The molecule has 1 heterocycles. The average Bonchev–Trinajstić information content (AvgIpc) is 3.27. The fourth-order valence-electron chi connectivity index (χ4n) is 4.52. The molecule has 0 radical (unpaired) electrons. The van der Waals surface area contributed by atoms with E-state index in [9.17, 15) is 8.42 Å². The van der Waals surface area contributed by atoms with E-state index in [4.69, 9.17) is 0 Å². The Morgan fingerprint density at radius 3 is 2.30 bits per heavy atom. The second kappa shape index (κ2) is 6.21. The predicted octanol–water partition coefficient (Wildman–Crippen LogP) is 4.41. The van der Waals surface area contributed by atoms with Crippen LogP contribution in [0.1, 0.15) is 40.8 Å². The number of aromatic nitrogens is 1. The van der Waals surface area contributed by atoms with E-state index >= 15 is 0 Å². The number of fused-ring (bicyclic) bond motifs is 1. The summed E-state index contributed by atoms with van der Waals surface area (Å²) in [5.41, 5.74) is 6.08. The first-order valence-electron chi connectivity index (χ1n) is 9.39. The quantitative estimate of drug-likeness (QED) is 0.686. The molecule has 1 aliphatic carbocycles. The molecule has 0 unspecified atom stereocenters. The number of H-pyrrole nitrogens is 1. The summed E-state index contributed by atoms with van der Waals surface area (Å²) in [6, 6.07) is 12.1. The summed E-state index contributed by atoms with van der Waals surface area (Å²) >= 11 is 0. The van der Waals surface area contributed by atoms with Crippen molar-refractivity contribution in [1.29, 1.82) is 0 Å². The van der Waals surface area contributed by atoms with E-state index in [-0.39, 0.29) is 5.41 Å². The van der Waals surface area contributed by atoms with Crippen LogP contribution in [0, 0.1) is 27.7 Å². The lowest BCUT2D eigenvalue weighted by Crippen LogP contribution is -2.33. The third-order valence-corrected chi connectivity index (χ3v) is 7.46. The van der Waals surface area contributed by atoms with Gasteiger partial charge in [0.2, 0.25) is 10.0 Å². The maximum absolute atomic E-state index is 13.1. The molecule has 1 aliphatic rings. The van der Waals surface area contributed by atoms with Gasteiger partial charge in [-0.3, -0.25) is 0 Å². The van der Waals surface area contributed by atoms with Crippen molar-refractivity contribution in [3.63, 3.8) is 0 Å². The molecule has 5 heteroatoms. The van der Waals surface area contributed by atoms with Crippen molar-refractivity contribution in [3.05, 3.63) is 64.3 Å². The standard InChI is InChI=1S/C22H26N2O2S/c1-14-11-15(2)21(16(3)12-14)27(25,26)23-13-22(9-10-22)20-17(4)24-19-8-6-5-7-18(19)20/h5-8,11-12,23-24H,9-10,13H2,1-4H3. The summed E-state index contributed by atoms with van der Waals surface area (Å²) in [6.45, 7) is 8.24. The zero-order valence-electron chi connectivity index (χ0n) is 16.3. The molecule has 27 heavy (non-hydrogen) atoms. The van der Waals surface area contributed by atoms with E-state index < -0.39 is 10.0 Å². The number of hydrogen-bond donors (Lipinski definition) is 2. The number of nitrogens with one attached hydrogen (secondary N) is 2. The molecule has 0 aliphatic heterocycles. The van der Waals surface area contributed by atoms with Crippen molar-refractivity contribution >= 4 is 20.9 Å². The monoisotopic (exact) mass is 382 g/mol. The van der Waals surface area contributed by atoms with E-state index in [1.807, 2.05) is 45.0 Å². The minimum Gasteiger partial charge on any atom is -0.358 e. The van der Waals surface area contributed by atoms with E-state index in [1.54, 1.807) is 0 Å². The molecule has 0 atom stereocenters. The Balaban J connectivity index is 1.66. The Morgan fingerprint density at radius 2 is 1.67 bits per heavy atom. The summed E-state index contributed by atoms with van der Waals surface area (Å²) in [7, 11) is -3.55. The van der Waals surface area contributed by atoms with Gasteiger partial charge in [0.25, 0.3) is 0 Å². The van der Waals surface area contributed by atoms with Crippen LogP contribution in [0.2, 0.25) is 0 Å². The zero-order chi connectivity index (χ0) is 19.4. The van der Waals surface area contributed by atoms with Gasteiger partial charge in [0.05, 0.1) is 4.90 Å². The predicted molar refractivity (Wildman–Crippen MR) is 110 cm³/mol. The van der Waals surface area contributed by atoms with Crippen LogP contribution in [0.25, 0.3) is 10.9 Å². The molecule has 142 valence electrons. The summed E-state index contributed by atoms with van der Waals surface area (Å²) < 4.78 is 29.0. The highest BCUT2D eigenvalue weighted by Gasteiger charge is 2.47. The summed E-state index contributed by atoms with van der Waals surface area (Å²) in [5.74, 6) is 0. The van der Waals surface area contributed by atoms with E-state index in [0.29, 0.717) is 11.4 Å². The Bertz CT molecular complexity index is 1120. The van der Waals surface area contributed by atoms with Gasteiger partial charge in [-0.25, -0.2) is 13.1 Å². The SMILES string of the molecule is Cc1cc(C)c(S(=O)(=O)NCC2(c3c(C)[nH]c4ccccc34)CC2)c(C)c1. The van der Waals surface area contributed by atoms with Gasteiger partial charge in [-0.1, -0.05) is 35.9 Å². The lowest BCUT2D eigenvalue weighted by atomic mass is 9.93. The van der Waals surface area contributed by atoms with Gasteiger partial charge < -0.3 is 4.98 Å². The molecule has 0 amide bonds. The van der Waals surface area contributed by atoms with Crippen molar-refractivity contribution in [2.45, 2.75) is 50.8 Å². The van der Waals surface area contributed by atoms with Gasteiger partial charge in [0, 0.05) is 28.6 Å². The van der Waals surface area contributed by atoms with E-state index in [2.05, 4.69) is 28.8 Å². The topological polar surface area (TPSA) is 62.0 Å². The van der Waals surface area contributed by atoms with Gasteiger partial charge in [-0.05, 0) is 63.3 Å². The molecule has 4 rings (SSSR count). The molecule has 2 aromatic carbocycles. The summed E-state index contributed by atoms with van der Waals surface area (Å²) in [6.07, 6.45) is 2.01. The highest BCUT2D eigenvalue weighted by Crippen LogP contribution is 2.51. The van der Waals surface area contributed by atoms with Gasteiger partial charge in [-0.15, -0.1) is 0 Å². The number of aryl methyl sites for hydroxylation is 4. The van der Waals surface area contributed by atoms with Crippen LogP contribution in [0.5, 0.6) is 0 Å². The number of aromatic amines is 1. The molecule has 1 aromatic heterocycles. The van der Waals surface area contributed by atoms with Crippen molar-refractivity contribution in [3.8, 4) is 0 Å². The second-order valence-corrected chi connectivity index (χ2v) is 9.71. The average molecular weight is 383 g/mol. The van der Waals surface area contributed by atoms with E-state index in [1.165, 1.54) is 10.9 Å². The number of benzene rings is 2. The molecular formula is C22H26N2O2S. The van der Waals surface area contributed by atoms with Crippen LogP contribution >= 0.6 is 0 Å². The molecule has 2 N–H and O–H groups in total. The first-order valence-corrected chi connectivity index (χ1v) is 10.9. The first-order chi connectivity index (χ1) is 12.7. The Labute approximate surface area is 161 Å². The second-order valence-electron chi connectivity index (χ2n) is 8.00. The fourth-order valence-corrected chi connectivity index (χ4v) is 6.10. The third-order valence-electron chi connectivity index (χ3n) is 5.75. The smallest absolute Gasteiger partial charge is 0.241 e. The molecule has 4 nitrogen and oxygen atoms in total. The fraction of sp³-hybridized carbons (Fsp3) is 0.364. The van der Waals surface area contributed by atoms with Crippen LogP contribution in [-0.2, 0) is 15.4 Å². The van der Waals surface area contributed by atoms with Gasteiger partial charge in [-0.2, -0.15) is 0 Å². The number of rotatable bonds is 5. The molecular weight excluding hydrogens is 356 g/mol. The number of sulfonamides is 1. The molecule has 1 fully saturated rings. The molecule has 0 bridgehead atoms. The maximum atomic E-state index is 13.1. The van der Waals surface area contributed by atoms with Gasteiger partial charge in [0.1, 0.15) is 0 Å². The van der Waals surface area contributed by atoms with Crippen LogP contribution in [0.4, 0.5) is 0 Å². The largest absolute Gasteiger partial charge is 0.358 e. The van der Waals surface area contributed by atoms with Crippen LogP contribution in [0.15, 0.2) is 41.3 Å². The van der Waals surface area contributed by atoms with E-state index in [0.717, 1.165) is 40.7 Å². The van der Waals surface area contributed by atoms with Crippen LogP contribution in [0.3, 0.4) is 0 Å². The number of hydrogen-bond acceptors (Lipinski definition) is 2. The van der Waals surface area contributed by atoms with Crippen LogP contribution in [-0.4, -0.2) is 19.9 Å². The summed E-state index contributed by atoms with van der Waals surface area (Å²) in [4.78, 5) is 3.87. The van der Waals surface area contributed by atoms with Crippen molar-refractivity contribution in [2.24, 2.45) is 0 Å². The highest BCUT2D eigenvalue weighted by atomic mass is 32.2. The first kappa shape index (κ1) is 18.3. The molecule has 1 saturated carbocycles. The Morgan fingerprint density at radius 1 is 1.04 bits per heavy atom. The number of para-hydroxylation sites is 1. The Kier molecular flexibility index (Phi) is 4.20. The summed E-state index contributed by atoms with van der Waals surface area (Å²) in [5, 5.41) is 1.20. The van der Waals surface area contributed by atoms with Crippen LogP contribution < -0.4 is 4.72 Å². The van der Waals surface area contributed by atoms with Crippen molar-refractivity contribution < 1.29 is 8.42 Å². The molecule has 3 aromatic rings. The minimum absolute atomic E-state index is 0.108. The van der Waals surface area contributed by atoms with Gasteiger partial charge in [0.15, 0.2) is 0 Å². The Hall–Kier alpha value is -2.11. The normalized spacial score (nSPS) is 16.0. The van der Waals surface area contributed by atoms with Crippen molar-refractivity contribution in [1.82, 2.24) is 9.71 Å². The van der Waals surface area contributed by atoms with Crippen molar-refractivity contribution in [2.75, 3.05) is 6.54 Å². The lowest BCUT2D eigenvalue weighted by Gasteiger charge is -2.19. The minimum atomic E-state index is -3.55. The maximum Gasteiger partial charge on any atom is 0.241 e. The zero-order valence-corrected chi connectivity index (χ0v) is 17.1. The third kappa shape index (κ3) is 3.09. The highest BCUT2D eigenvalue weighted by molar-refractivity contribution is 7.89.